The molecule has 0 fully saturated rings. The Morgan fingerprint density at radius 3 is 2.76 bits per heavy atom. The molecule has 0 saturated heterocycles. The molecule has 0 aliphatic carbocycles. The van der Waals surface area contributed by atoms with Crippen molar-refractivity contribution in [2.75, 3.05) is 19.0 Å². The maximum atomic E-state index is 8.66. The van der Waals surface area contributed by atoms with Crippen molar-refractivity contribution < 1.29 is 9.84 Å². The van der Waals surface area contributed by atoms with E-state index in [1.807, 2.05) is 30.3 Å². The van der Waals surface area contributed by atoms with Gasteiger partial charge in [-0.2, -0.15) is 0 Å². The Bertz CT molecular complexity index is 591. The van der Waals surface area contributed by atoms with Crippen LogP contribution in [0.4, 0.5) is 0 Å². The summed E-state index contributed by atoms with van der Waals surface area (Å²) in [7, 11) is 0. The van der Waals surface area contributed by atoms with Gasteiger partial charge in [0.15, 0.2) is 0 Å². The normalized spacial score (nSPS) is 9.76. The van der Waals surface area contributed by atoms with Crippen molar-refractivity contribution >= 4 is 11.8 Å². The van der Waals surface area contributed by atoms with Crippen molar-refractivity contribution in [2.24, 2.45) is 0 Å². The first kappa shape index (κ1) is 15.4. The van der Waals surface area contributed by atoms with E-state index in [4.69, 9.17) is 9.84 Å². The van der Waals surface area contributed by atoms with Crippen LogP contribution < -0.4 is 4.74 Å². The van der Waals surface area contributed by atoms with Gasteiger partial charge in [0.05, 0.1) is 18.2 Å². The highest BCUT2D eigenvalue weighted by Gasteiger charge is 1.97. The van der Waals surface area contributed by atoms with Crippen LogP contribution in [0, 0.1) is 11.8 Å². The second kappa shape index (κ2) is 9.01. The Hall–Kier alpha value is -2.03. The first-order valence-corrected chi connectivity index (χ1v) is 7.58. The molecule has 1 aromatic carbocycles. The Morgan fingerprint density at radius 2 is 2.05 bits per heavy atom. The second-order valence-electron chi connectivity index (χ2n) is 4.04. The molecule has 0 amide bonds. The molecule has 4 nitrogen and oxygen atoms in total. The number of hydrogen-bond acceptors (Lipinski definition) is 5. The number of aromatic nitrogens is 2. The highest BCUT2D eigenvalue weighted by molar-refractivity contribution is 7.99. The molecular weight excluding hydrogens is 284 g/mol. The van der Waals surface area contributed by atoms with E-state index < -0.39 is 0 Å². The zero-order valence-corrected chi connectivity index (χ0v) is 12.3. The Balaban J connectivity index is 1.73. The third kappa shape index (κ3) is 5.86. The predicted octanol–water partition coefficient (Wildman–Crippen LogP) is 2.38. The minimum atomic E-state index is 0.0954. The molecule has 5 heteroatoms. The quantitative estimate of drug-likeness (QED) is 0.384. The lowest BCUT2D eigenvalue weighted by Crippen LogP contribution is -2.00. The molecule has 21 heavy (non-hydrogen) atoms. The number of ether oxygens (including phenoxy) is 1. The lowest BCUT2D eigenvalue weighted by atomic mass is 10.2. The molecular formula is C16H16N2O2S. The SMILES string of the molecule is OCCC#Cc1ccc(OCCSc2ccncn2)cc1. The minimum absolute atomic E-state index is 0.0954. The third-order valence-corrected chi connectivity index (χ3v) is 3.39. The lowest BCUT2D eigenvalue weighted by molar-refractivity contribution is 0.305. The van der Waals surface area contributed by atoms with Gasteiger partial charge in [0.2, 0.25) is 0 Å². The molecule has 108 valence electrons. The number of aliphatic hydroxyl groups excluding tert-OH is 1. The van der Waals surface area contributed by atoms with Gasteiger partial charge >= 0.3 is 0 Å². The largest absolute Gasteiger partial charge is 0.493 e. The molecule has 1 N–H and O–H groups in total. The molecule has 2 rings (SSSR count). The second-order valence-corrected chi connectivity index (χ2v) is 5.16. The summed E-state index contributed by atoms with van der Waals surface area (Å²) in [5.41, 5.74) is 0.922. The van der Waals surface area contributed by atoms with Crippen LogP contribution >= 0.6 is 11.8 Å². The number of hydrogen-bond donors (Lipinski definition) is 1. The number of thioether (sulfide) groups is 1. The van der Waals surface area contributed by atoms with Crippen LogP contribution in [0.25, 0.3) is 0 Å². The van der Waals surface area contributed by atoms with Gasteiger partial charge in [-0.05, 0) is 30.3 Å². The molecule has 0 aliphatic rings. The smallest absolute Gasteiger partial charge is 0.119 e. The van der Waals surface area contributed by atoms with Crippen LogP contribution in [0.3, 0.4) is 0 Å². The summed E-state index contributed by atoms with van der Waals surface area (Å²) in [5.74, 6) is 7.52. The summed E-state index contributed by atoms with van der Waals surface area (Å²) >= 11 is 1.63. The Kier molecular flexibility index (Phi) is 6.59. The number of benzene rings is 1. The standard InChI is InChI=1S/C16H16N2O2S/c19-10-2-1-3-14-4-6-15(7-5-14)20-11-12-21-16-8-9-17-13-18-16/h4-9,13,19H,2,10-12H2. The summed E-state index contributed by atoms with van der Waals surface area (Å²) in [6.07, 6.45) is 3.77. The average Bonchev–Trinajstić information content (AvgIpc) is 2.54. The highest BCUT2D eigenvalue weighted by atomic mass is 32.2. The molecule has 2 aromatic rings. The number of aliphatic hydroxyl groups is 1. The number of nitrogens with zero attached hydrogens (tertiary/aromatic N) is 2. The molecule has 0 spiro atoms. The van der Waals surface area contributed by atoms with Crippen molar-refractivity contribution in [3.05, 3.63) is 48.4 Å². The molecule has 0 atom stereocenters. The van der Waals surface area contributed by atoms with E-state index in [-0.39, 0.29) is 6.61 Å². The fourth-order valence-electron chi connectivity index (χ4n) is 1.52. The predicted molar refractivity (Wildman–Crippen MR) is 83.3 cm³/mol. The van der Waals surface area contributed by atoms with Crippen molar-refractivity contribution in [1.29, 1.82) is 0 Å². The van der Waals surface area contributed by atoms with Crippen molar-refractivity contribution in [1.82, 2.24) is 9.97 Å². The van der Waals surface area contributed by atoms with Gasteiger partial charge < -0.3 is 9.84 Å². The van der Waals surface area contributed by atoms with E-state index in [1.54, 1.807) is 24.3 Å². The van der Waals surface area contributed by atoms with E-state index in [1.165, 1.54) is 0 Å². The molecule has 1 heterocycles. The van der Waals surface area contributed by atoms with Gasteiger partial charge in [0, 0.05) is 23.9 Å². The maximum Gasteiger partial charge on any atom is 0.119 e. The molecule has 0 saturated carbocycles. The van der Waals surface area contributed by atoms with Gasteiger partial charge in [0.1, 0.15) is 12.1 Å². The summed E-state index contributed by atoms with van der Waals surface area (Å²) in [5, 5.41) is 9.61. The van der Waals surface area contributed by atoms with Gasteiger partial charge in [-0.15, -0.1) is 11.8 Å². The molecule has 0 unspecified atom stereocenters. The first-order chi connectivity index (χ1) is 10.4. The maximum absolute atomic E-state index is 8.66. The van der Waals surface area contributed by atoms with E-state index in [0.717, 1.165) is 22.1 Å². The Morgan fingerprint density at radius 1 is 1.19 bits per heavy atom. The topological polar surface area (TPSA) is 55.2 Å². The molecule has 0 bridgehead atoms. The third-order valence-electron chi connectivity index (χ3n) is 2.48. The van der Waals surface area contributed by atoms with Crippen LogP contribution in [0.2, 0.25) is 0 Å². The van der Waals surface area contributed by atoms with E-state index >= 15 is 0 Å². The van der Waals surface area contributed by atoms with Crippen LogP contribution in [-0.2, 0) is 0 Å². The van der Waals surface area contributed by atoms with Gasteiger partial charge in [-0.1, -0.05) is 11.8 Å². The number of rotatable bonds is 6. The zero-order chi connectivity index (χ0) is 14.8. The summed E-state index contributed by atoms with van der Waals surface area (Å²) in [4.78, 5) is 8.01. The molecule has 0 radical (unpaired) electrons. The van der Waals surface area contributed by atoms with E-state index in [2.05, 4.69) is 21.8 Å². The monoisotopic (exact) mass is 300 g/mol. The summed E-state index contributed by atoms with van der Waals surface area (Å²) in [6, 6.07) is 9.51. The molecule has 1 aromatic heterocycles. The summed E-state index contributed by atoms with van der Waals surface area (Å²) < 4.78 is 5.66. The van der Waals surface area contributed by atoms with E-state index in [0.29, 0.717) is 13.0 Å². The fourth-order valence-corrected chi connectivity index (χ4v) is 2.18. The van der Waals surface area contributed by atoms with Crippen LogP contribution in [0.1, 0.15) is 12.0 Å². The zero-order valence-electron chi connectivity index (χ0n) is 11.5. The molecule has 0 aliphatic heterocycles. The Labute approximate surface area is 128 Å². The van der Waals surface area contributed by atoms with Gasteiger partial charge in [0.25, 0.3) is 0 Å². The highest BCUT2D eigenvalue weighted by Crippen LogP contribution is 2.15. The van der Waals surface area contributed by atoms with Crippen LogP contribution in [0.15, 0.2) is 47.9 Å². The first-order valence-electron chi connectivity index (χ1n) is 6.60. The van der Waals surface area contributed by atoms with Crippen molar-refractivity contribution in [3.8, 4) is 17.6 Å². The lowest BCUT2D eigenvalue weighted by Gasteiger charge is -2.05. The fraction of sp³-hybridized carbons (Fsp3) is 0.250. The average molecular weight is 300 g/mol. The van der Waals surface area contributed by atoms with Crippen molar-refractivity contribution in [2.45, 2.75) is 11.4 Å². The van der Waals surface area contributed by atoms with Gasteiger partial charge in [-0.25, -0.2) is 9.97 Å². The van der Waals surface area contributed by atoms with Crippen molar-refractivity contribution in [3.63, 3.8) is 0 Å². The van der Waals surface area contributed by atoms with Crippen LogP contribution in [-0.4, -0.2) is 34.0 Å². The summed E-state index contributed by atoms with van der Waals surface area (Å²) in [6.45, 7) is 0.711. The van der Waals surface area contributed by atoms with E-state index in [9.17, 15) is 0 Å². The van der Waals surface area contributed by atoms with Crippen LogP contribution in [0.5, 0.6) is 5.75 Å². The van der Waals surface area contributed by atoms with Gasteiger partial charge in [-0.3, -0.25) is 0 Å². The minimum Gasteiger partial charge on any atom is -0.493 e.